The van der Waals surface area contributed by atoms with Gasteiger partial charge in [-0.15, -0.1) is 0 Å². The summed E-state index contributed by atoms with van der Waals surface area (Å²) in [6, 6.07) is 2.73. The molecule has 1 aromatic heterocycles. The minimum atomic E-state index is -1.33. The zero-order valence-electron chi connectivity index (χ0n) is 11.3. The number of pyridine rings is 1. The van der Waals surface area contributed by atoms with E-state index < -0.39 is 24.1 Å². The van der Waals surface area contributed by atoms with E-state index in [4.69, 9.17) is 0 Å². The number of hydrogen-bond acceptors (Lipinski definition) is 7. The van der Waals surface area contributed by atoms with Crippen molar-refractivity contribution >= 4 is 11.9 Å². The molecule has 1 rings (SSSR count). The van der Waals surface area contributed by atoms with Gasteiger partial charge in [-0.05, 0) is 24.6 Å². The highest BCUT2D eigenvalue weighted by molar-refractivity contribution is 5.87. The summed E-state index contributed by atoms with van der Waals surface area (Å²) >= 11 is 0. The van der Waals surface area contributed by atoms with E-state index in [0.29, 0.717) is 0 Å². The second kappa shape index (κ2) is 7.56. The lowest BCUT2D eigenvalue weighted by Crippen LogP contribution is -2.23. The lowest BCUT2D eigenvalue weighted by molar-refractivity contribution is -0.147. The summed E-state index contributed by atoms with van der Waals surface area (Å²) in [6.07, 6.45) is -1.69. The van der Waals surface area contributed by atoms with Gasteiger partial charge in [0.1, 0.15) is 11.8 Å². The van der Waals surface area contributed by atoms with Crippen molar-refractivity contribution < 1.29 is 29.3 Å². The van der Waals surface area contributed by atoms with Crippen molar-refractivity contribution in [2.24, 2.45) is 0 Å². The molecule has 7 heteroatoms. The third-order valence-corrected chi connectivity index (χ3v) is 2.57. The summed E-state index contributed by atoms with van der Waals surface area (Å²) < 4.78 is 9.19. The third-order valence-electron chi connectivity index (χ3n) is 2.57. The van der Waals surface area contributed by atoms with Crippen molar-refractivity contribution in [3.8, 4) is 0 Å². The van der Waals surface area contributed by atoms with E-state index in [1.54, 1.807) is 6.92 Å². The van der Waals surface area contributed by atoms with Crippen molar-refractivity contribution in [2.75, 3.05) is 13.7 Å². The van der Waals surface area contributed by atoms with Crippen LogP contribution in [0.2, 0.25) is 0 Å². The molecule has 0 bridgehead atoms. The lowest BCUT2D eigenvalue weighted by Gasteiger charge is -2.17. The number of esters is 2. The van der Waals surface area contributed by atoms with Crippen LogP contribution in [0.3, 0.4) is 0 Å². The van der Waals surface area contributed by atoms with Crippen LogP contribution in [0, 0.1) is 0 Å². The normalized spacial score (nSPS) is 13.4. The predicted octanol–water partition coefficient (Wildman–Crippen LogP) is 0.216. The molecular weight excluding hydrogens is 266 g/mol. The van der Waals surface area contributed by atoms with E-state index in [1.807, 2.05) is 0 Å². The number of hydrogen-bond donors (Lipinski definition) is 2. The smallest absolute Gasteiger partial charge is 0.356 e. The minimum absolute atomic E-state index is 0.00684. The number of ether oxygens (including phenoxy) is 2. The first-order chi connectivity index (χ1) is 9.49. The number of nitrogens with zero attached hydrogens (tertiary/aromatic N) is 1. The van der Waals surface area contributed by atoms with Crippen LogP contribution in [-0.2, 0) is 14.3 Å². The first kappa shape index (κ1) is 16.1. The van der Waals surface area contributed by atoms with Crippen LogP contribution in [-0.4, -0.2) is 47.0 Å². The minimum Gasteiger partial charge on any atom is -0.466 e. The zero-order chi connectivity index (χ0) is 15.1. The second-order valence-electron chi connectivity index (χ2n) is 3.99. The Morgan fingerprint density at radius 3 is 2.70 bits per heavy atom. The second-order valence-corrected chi connectivity index (χ2v) is 3.99. The number of aromatic nitrogens is 1. The number of rotatable bonds is 6. The summed E-state index contributed by atoms with van der Waals surface area (Å²) in [5.41, 5.74) is 0.268. The number of methoxy groups -OCH3 is 1. The van der Waals surface area contributed by atoms with Crippen LogP contribution in [0.15, 0.2) is 18.3 Å². The fourth-order valence-electron chi connectivity index (χ4n) is 1.57. The summed E-state index contributed by atoms with van der Waals surface area (Å²) in [7, 11) is 1.21. The molecule has 0 aliphatic carbocycles. The molecule has 0 amide bonds. The van der Waals surface area contributed by atoms with Gasteiger partial charge in [0.15, 0.2) is 0 Å². The summed E-state index contributed by atoms with van der Waals surface area (Å²) in [5, 5.41) is 19.7. The van der Waals surface area contributed by atoms with Gasteiger partial charge in [0, 0.05) is 6.20 Å². The Morgan fingerprint density at radius 2 is 2.10 bits per heavy atom. The molecule has 1 aromatic rings. The van der Waals surface area contributed by atoms with Crippen LogP contribution in [0.5, 0.6) is 0 Å². The van der Waals surface area contributed by atoms with Crippen molar-refractivity contribution in [1.29, 1.82) is 0 Å². The first-order valence-corrected chi connectivity index (χ1v) is 6.05. The number of aliphatic hydroxyl groups is 2. The Bertz CT molecular complexity index is 476. The average molecular weight is 283 g/mol. The van der Waals surface area contributed by atoms with Crippen molar-refractivity contribution in [2.45, 2.75) is 25.6 Å². The van der Waals surface area contributed by atoms with Crippen LogP contribution >= 0.6 is 0 Å². The fraction of sp³-hybridized carbons (Fsp3) is 0.462. The molecule has 0 spiro atoms. The monoisotopic (exact) mass is 283 g/mol. The molecule has 20 heavy (non-hydrogen) atoms. The predicted molar refractivity (Wildman–Crippen MR) is 67.8 cm³/mol. The zero-order valence-corrected chi connectivity index (χ0v) is 11.3. The van der Waals surface area contributed by atoms with Crippen LogP contribution in [0.25, 0.3) is 0 Å². The third kappa shape index (κ3) is 4.29. The molecule has 0 aliphatic rings. The summed E-state index contributed by atoms with van der Waals surface area (Å²) in [6.45, 7) is 1.84. The van der Waals surface area contributed by atoms with Gasteiger partial charge in [0.25, 0.3) is 0 Å². The molecule has 0 saturated carbocycles. The van der Waals surface area contributed by atoms with Gasteiger partial charge in [-0.3, -0.25) is 4.79 Å². The Balaban J connectivity index is 2.78. The Morgan fingerprint density at radius 1 is 1.40 bits per heavy atom. The molecule has 0 aromatic carbocycles. The fourth-order valence-corrected chi connectivity index (χ4v) is 1.57. The van der Waals surface area contributed by atoms with Gasteiger partial charge >= 0.3 is 11.9 Å². The maximum atomic E-state index is 11.3. The summed E-state index contributed by atoms with van der Waals surface area (Å²) in [4.78, 5) is 26.3. The maximum Gasteiger partial charge on any atom is 0.356 e. The highest BCUT2D eigenvalue weighted by atomic mass is 16.5. The molecule has 0 radical (unpaired) electrons. The molecule has 0 saturated heterocycles. The van der Waals surface area contributed by atoms with Gasteiger partial charge in [0.05, 0.1) is 26.2 Å². The van der Waals surface area contributed by atoms with Crippen LogP contribution in [0.4, 0.5) is 0 Å². The van der Waals surface area contributed by atoms with Gasteiger partial charge in [-0.1, -0.05) is 0 Å². The lowest BCUT2D eigenvalue weighted by atomic mass is 10.0. The number of aliphatic hydroxyl groups excluding tert-OH is 2. The Labute approximate surface area is 116 Å². The average Bonchev–Trinajstić information content (AvgIpc) is 2.45. The molecule has 1 heterocycles. The van der Waals surface area contributed by atoms with Gasteiger partial charge in [-0.25, -0.2) is 9.78 Å². The number of carbonyl (C=O) groups excluding carboxylic acids is 2. The van der Waals surface area contributed by atoms with Gasteiger partial charge in [0.2, 0.25) is 0 Å². The van der Waals surface area contributed by atoms with E-state index in [2.05, 4.69) is 14.5 Å². The van der Waals surface area contributed by atoms with Gasteiger partial charge < -0.3 is 19.7 Å². The van der Waals surface area contributed by atoms with Crippen molar-refractivity contribution in [1.82, 2.24) is 4.98 Å². The Kier molecular flexibility index (Phi) is 6.08. The molecule has 110 valence electrons. The molecule has 2 N–H and O–H groups in total. The molecule has 7 nitrogen and oxygen atoms in total. The molecule has 2 unspecified atom stereocenters. The molecular formula is C13H17NO6. The maximum absolute atomic E-state index is 11.3. The summed E-state index contributed by atoms with van der Waals surface area (Å²) in [5.74, 6) is -1.26. The van der Waals surface area contributed by atoms with E-state index in [1.165, 1.54) is 25.4 Å². The van der Waals surface area contributed by atoms with Crippen LogP contribution < -0.4 is 0 Å². The van der Waals surface area contributed by atoms with Gasteiger partial charge in [-0.2, -0.15) is 0 Å². The van der Waals surface area contributed by atoms with E-state index in [9.17, 15) is 19.8 Å². The molecule has 0 aliphatic heterocycles. The SMILES string of the molecule is CCOC(=O)CC(O)C(O)c1ccnc(C(=O)OC)c1. The highest BCUT2D eigenvalue weighted by Crippen LogP contribution is 2.19. The largest absolute Gasteiger partial charge is 0.466 e. The van der Waals surface area contributed by atoms with E-state index in [-0.39, 0.29) is 24.3 Å². The Hall–Kier alpha value is -1.99. The highest BCUT2D eigenvalue weighted by Gasteiger charge is 2.23. The molecule has 2 atom stereocenters. The van der Waals surface area contributed by atoms with Crippen LogP contribution in [0.1, 0.15) is 35.5 Å². The van der Waals surface area contributed by atoms with Crippen molar-refractivity contribution in [3.63, 3.8) is 0 Å². The standard InChI is InChI=1S/C13H17NO6/c1-3-20-11(16)7-10(15)12(17)8-4-5-14-9(6-8)13(18)19-2/h4-6,10,12,15,17H,3,7H2,1-2H3. The quantitative estimate of drug-likeness (QED) is 0.719. The first-order valence-electron chi connectivity index (χ1n) is 6.05. The van der Waals surface area contributed by atoms with E-state index >= 15 is 0 Å². The topological polar surface area (TPSA) is 106 Å². The number of carbonyl (C=O) groups is 2. The van der Waals surface area contributed by atoms with Crippen molar-refractivity contribution in [3.05, 3.63) is 29.6 Å². The van der Waals surface area contributed by atoms with E-state index in [0.717, 1.165) is 0 Å². The molecule has 0 fully saturated rings.